The van der Waals surface area contributed by atoms with Crippen molar-refractivity contribution in [1.82, 2.24) is 0 Å². The van der Waals surface area contributed by atoms with E-state index in [1.165, 1.54) is 7.11 Å². The summed E-state index contributed by atoms with van der Waals surface area (Å²) < 4.78 is 18.8. The molecule has 0 aliphatic rings. The number of carbonyl (C=O) groups excluding carboxylic acids is 1. The fourth-order valence-electron chi connectivity index (χ4n) is 0.207. The van der Waals surface area contributed by atoms with Crippen molar-refractivity contribution in [2.45, 2.75) is 13.3 Å². The van der Waals surface area contributed by atoms with E-state index in [1.807, 2.05) is 0 Å². The second-order valence-corrected chi connectivity index (χ2v) is 2.39. The number of hydrogen-bond donors (Lipinski definition) is 0. The van der Waals surface area contributed by atoms with Gasteiger partial charge in [0.2, 0.25) is 0 Å². The molecule has 0 radical (unpaired) electrons. The molecule has 0 bridgehead atoms. The van der Waals surface area contributed by atoms with Crippen LogP contribution in [0.15, 0.2) is 0 Å². The molecule has 0 aliphatic heterocycles. The third kappa shape index (κ3) is 6.78. The second-order valence-electron chi connectivity index (χ2n) is 1.28. The fourth-order valence-corrected chi connectivity index (χ4v) is 0.620. The summed E-state index contributed by atoms with van der Waals surface area (Å²) in [6.07, 6.45) is 0.222. The Balaban J connectivity index is 0. The average molecular weight is 176 g/mol. The fraction of sp³-hybridized carbons (Fsp3) is 0.750. The van der Waals surface area contributed by atoms with Gasteiger partial charge in [-0.1, -0.05) is 6.92 Å². The van der Waals surface area contributed by atoms with Crippen LogP contribution in [0.5, 0.6) is 0 Å². The van der Waals surface area contributed by atoms with E-state index in [0.29, 0.717) is 0 Å². The predicted octanol–water partition coefficient (Wildman–Crippen LogP) is 0.327. The van der Waals surface area contributed by atoms with Crippen LogP contribution in [0.4, 0.5) is 0 Å². The topological polar surface area (TPSA) is 52.6 Å². The van der Waals surface area contributed by atoms with Gasteiger partial charge in [0.15, 0.2) is 0 Å². The van der Waals surface area contributed by atoms with E-state index >= 15 is 0 Å². The first kappa shape index (κ1) is 13.3. The van der Waals surface area contributed by atoms with Crippen LogP contribution in [0, 0.1) is 0 Å². The maximum absolute atomic E-state index is 10.3. The van der Waals surface area contributed by atoms with E-state index in [0.717, 1.165) is 0 Å². The van der Waals surface area contributed by atoms with Crippen LogP contribution in [0.25, 0.3) is 0 Å². The molecule has 0 aromatic rings. The molecular weight excluding hydrogens is 166 g/mol. The van der Waals surface area contributed by atoms with Crippen molar-refractivity contribution in [3.05, 3.63) is 0 Å². The molecule has 0 N–H and O–H groups in total. The van der Waals surface area contributed by atoms with Crippen LogP contribution in [0.3, 0.4) is 0 Å². The van der Waals surface area contributed by atoms with Gasteiger partial charge in [0.05, 0.1) is 0 Å². The van der Waals surface area contributed by atoms with Gasteiger partial charge in [-0.2, -0.15) is 0 Å². The van der Waals surface area contributed by atoms with E-state index in [9.17, 15) is 9.36 Å². The van der Waals surface area contributed by atoms with Crippen LogP contribution in [-0.2, 0) is 18.4 Å². The van der Waals surface area contributed by atoms with E-state index in [4.69, 9.17) is 0 Å². The van der Waals surface area contributed by atoms with Gasteiger partial charge in [-0.25, -0.2) is 4.57 Å². The Bertz CT molecular complexity index is 112. The first-order valence-electron chi connectivity index (χ1n) is 2.49. The van der Waals surface area contributed by atoms with Gasteiger partial charge in [-0.05, 0) is 0 Å². The van der Waals surface area contributed by atoms with Gasteiger partial charge >= 0.3 is 43.8 Å². The number of rotatable bonds is 3. The third-order valence-corrected chi connectivity index (χ3v) is 1.38. The van der Waals surface area contributed by atoms with Crippen molar-refractivity contribution in [2.75, 3.05) is 7.11 Å². The third-order valence-electron chi connectivity index (χ3n) is 0.653. The zero-order valence-corrected chi connectivity index (χ0v) is 6.34. The van der Waals surface area contributed by atoms with Crippen molar-refractivity contribution in [1.29, 1.82) is 0 Å². The van der Waals surface area contributed by atoms with Crippen LogP contribution in [0.1, 0.15) is 13.3 Å². The van der Waals surface area contributed by atoms with Crippen molar-refractivity contribution in [3.63, 3.8) is 0 Å². The molecule has 0 aromatic carbocycles. The molecule has 0 aromatic heterocycles. The van der Waals surface area contributed by atoms with Gasteiger partial charge < -0.3 is 9.05 Å². The molecule has 6 heteroatoms. The van der Waals surface area contributed by atoms with E-state index in [2.05, 4.69) is 9.05 Å². The molecule has 0 saturated carbocycles. The Kier molecular flexibility index (Phi) is 10.3. The molecule has 0 rings (SSSR count). The minimum atomic E-state index is -2.54. The summed E-state index contributed by atoms with van der Waals surface area (Å²) in [6, 6.07) is 0. The molecule has 56 valence electrons. The Hall–Kier alpha value is 0.660. The van der Waals surface area contributed by atoms with E-state index < -0.39 is 14.2 Å². The Labute approximate surface area is 82.5 Å². The zero-order chi connectivity index (χ0) is 7.28. The van der Waals surface area contributed by atoms with E-state index in [1.54, 1.807) is 6.92 Å². The summed E-state index contributed by atoms with van der Waals surface area (Å²) in [6.45, 7) is 1.62. The standard InChI is InChI=1S/C4H9O4P.Na.H/c1-3-4(5)8-9(6)7-2;;/h9H,3H2,1-2H3;;. The molecule has 1 unspecified atom stereocenters. The van der Waals surface area contributed by atoms with Crippen molar-refractivity contribution < 1.29 is 18.4 Å². The maximum atomic E-state index is 10.3. The molecule has 10 heavy (non-hydrogen) atoms. The van der Waals surface area contributed by atoms with Gasteiger partial charge in [-0.15, -0.1) is 0 Å². The Morgan fingerprint density at radius 2 is 2.10 bits per heavy atom. The first-order valence-corrected chi connectivity index (χ1v) is 3.71. The molecule has 0 aliphatic carbocycles. The van der Waals surface area contributed by atoms with Gasteiger partial charge in [-0.3, -0.25) is 4.79 Å². The Morgan fingerprint density at radius 3 is 2.40 bits per heavy atom. The minimum absolute atomic E-state index is 0. The van der Waals surface area contributed by atoms with Crippen molar-refractivity contribution in [3.8, 4) is 0 Å². The van der Waals surface area contributed by atoms with Crippen LogP contribution < -0.4 is 0 Å². The molecule has 0 fully saturated rings. The quantitative estimate of drug-likeness (QED) is 0.459. The van der Waals surface area contributed by atoms with Gasteiger partial charge in [0, 0.05) is 13.5 Å². The Morgan fingerprint density at radius 1 is 1.60 bits per heavy atom. The van der Waals surface area contributed by atoms with Gasteiger partial charge in [0.25, 0.3) is 0 Å². The molecule has 4 nitrogen and oxygen atoms in total. The molecule has 0 heterocycles. The first-order chi connectivity index (χ1) is 4.20. The normalized spacial score (nSPS) is 11.4. The van der Waals surface area contributed by atoms with Crippen LogP contribution in [-0.4, -0.2) is 42.6 Å². The molecule has 0 spiro atoms. The molecule has 0 amide bonds. The van der Waals surface area contributed by atoms with E-state index in [-0.39, 0.29) is 36.0 Å². The average Bonchev–Trinajstić information content (AvgIpc) is 1.87. The number of hydrogen-bond acceptors (Lipinski definition) is 4. The van der Waals surface area contributed by atoms with Crippen LogP contribution in [0.2, 0.25) is 0 Å². The predicted molar refractivity (Wildman–Crippen MR) is 39.5 cm³/mol. The summed E-state index contributed by atoms with van der Waals surface area (Å²) in [5.74, 6) is -0.499. The SMILES string of the molecule is CCC(=O)O[PH](=O)OC.[NaH]. The molecular formula is C4H10NaO4P. The second kappa shape index (κ2) is 7.76. The monoisotopic (exact) mass is 176 g/mol. The molecule has 0 saturated heterocycles. The van der Waals surface area contributed by atoms with Gasteiger partial charge in [0.1, 0.15) is 0 Å². The molecule has 1 atom stereocenters. The van der Waals surface area contributed by atoms with Crippen molar-refractivity contribution >= 4 is 43.8 Å². The number of carbonyl (C=O) groups is 1. The summed E-state index contributed by atoms with van der Waals surface area (Å²) in [5.41, 5.74) is 0. The summed E-state index contributed by atoms with van der Waals surface area (Å²) in [7, 11) is -1.31. The van der Waals surface area contributed by atoms with Crippen LogP contribution >= 0.6 is 8.25 Å². The zero-order valence-electron chi connectivity index (χ0n) is 5.34. The summed E-state index contributed by atoms with van der Waals surface area (Å²) >= 11 is 0. The summed E-state index contributed by atoms with van der Waals surface area (Å²) in [4.78, 5) is 10.3. The summed E-state index contributed by atoms with van der Waals surface area (Å²) in [5, 5.41) is 0. The van der Waals surface area contributed by atoms with Crippen molar-refractivity contribution in [2.24, 2.45) is 0 Å².